The first kappa shape index (κ1) is 9.13. The predicted octanol–water partition coefficient (Wildman–Crippen LogP) is 1.04. The number of hydrogen-bond acceptors (Lipinski definition) is 3. The molecule has 0 saturated heterocycles. The molecule has 0 radical (unpaired) electrons. The molecule has 0 bridgehead atoms. The van der Waals surface area contributed by atoms with E-state index in [0.717, 1.165) is 5.69 Å². The van der Waals surface area contributed by atoms with E-state index in [9.17, 15) is 5.11 Å². The van der Waals surface area contributed by atoms with Gasteiger partial charge in [0.05, 0.1) is 6.10 Å². The summed E-state index contributed by atoms with van der Waals surface area (Å²) < 4.78 is 0. The Morgan fingerprint density at radius 3 is 2.75 bits per heavy atom. The molecule has 0 aromatic carbocycles. The summed E-state index contributed by atoms with van der Waals surface area (Å²) in [4.78, 5) is 7.83. The van der Waals surface area contributed by atoms with E-state index in [4.69, 9.17) is 0 Å². The van der Waals surface area contributed by atoms with Crippen molar-refractivity contribution in [3.05, 3.63) is 24.3 Å². The number of hydrogen-bond donors (Lipinski definition) is 1. The zero-order valence-electron chi connectivity index (χ0n) is 7.44. The lowest BCUT2D eigenvalue weighted by Gasteiger charge is -2.12. The molecule has 3 heteroatoms. The van der Waals surface area contributed by atoms with Crippen LogP contribution in [0.5, 0.6) is 0 Å². The number of rotatable bonds is 3. The van der Waals surface area contributed by atoms with E-state index in [0.29, 0.717) is 6.42 Å². The molecule has 66 valence electrons. The zero-order chi connectivity index (χ0) is 8.97. The summed E-state index contributed by atoms with van der Waals surface area (Å²) in [6, 6.07) is 1.82. The molecule has 1 rings (SSSR count). The minimum absolute atomic E-state index is 0.278. The summed E-state index contributed by atoms with van der Waals surface area (Å²) >= 11 is 0. The molecular weight excluding hydrogens is 152 g/mol. The van der Waals surface area contributed by atoms with E-state index in [-0.39, 0.29) is 12.0 Å². The summed E-state index contributed by atoms with van der Waals surface area (Å²) in [6.07, 6.45) is 3.50. The van der Waals surface area contributed by atoms with Gasteiger partial charge in [0.25, 0.3) is 0 Å². The number of aliphatic hydroxyl groups excluding tert-OH is 1. The second-order valence-electron chi connectivity index (χ2n) is 3.22. The summed E-state index contributed by atoms with van der Waals surface area (Å²) in [7, 11) is 0. The molecule has 0 amide bonds. The van der Waals surface area contributed by atoms with E-state index in [1.54, 1.807) is 6.20 Å². The van der Waals surface area contributed by atoms with Gasteiger partial charge in [-0.15, -0.1) is 0 Å². The van der Waals surface area contributed by atoms with Crippen LogP contribution in [0.1, 0.15) is 19.5 Å². The van der Waals surface area contributed by atoms with Crippen LogP contribution in [-0.4, -0.2) is 21.2 Å². The molecule has 0 aliphatic heterocycles. The lowest BCUT2D eigenvalue weighted by atomic mass is 10.0. The van der Waals surface area contributed by atoms with Crippen LogP contribution in [0.3, 0.4) is 0 Å². The van der Waals surface area contributed by atoms with Crippen molar-refractivity contribution in [1.82, 2.24) is 9.97 Å². The van der Waals surface area contributed by atoms with Crippen LogP contribution < -0.4 is 0 Å². The van der Waals surface area contributed by atoms with Crippen LogP contribution in [0, 0.1) is 5.92 Å². The molecule has 1 aromatic heterocycles. The average molecular weight is 166 g/mol. The Morgan fingerprint density at radius 1 is 1.50 bits per heavy atom. The third-order valence-electron chi connectivity index (χ3n) is 1.83. The Bertz CT molecular complexity index is 223. The van der Waals surface area contributed by atoms with Gasteiger partial charge in [0.2, 0.25) is 0 Å². The van der Waals surface area contributed by atoms with Crippen molar-refractivity contribution < 1.29 is 5.11 Å². The smallest absolute Gasteiger partial charge is 0.115 e. The molecule has 1 heterocycles. The minimum Gasteiger partial charge on any atom is -0.392 e. The third kappa shape index (κ3) is 2.58. The molecule has 1 atom stereocenters. The highest BCUT2D eigenvalue weighted by Gasteiger charge is 2.09. The van der Waals surface area contributed by atoms with E-state index in [1.165, 1.54) is 6.33 Å². The molecular formula is C9H14N2O. The average Bonchev–Trinajstić information content (AvgIpc) is 2.06. The standard InChI is InChI=1S/C9H14N2O/c1-7(2)9(12)5-8-3-4-10-6-11-8/h3-4,6-7,9,12H,5H2,1-2H3. The van der Waals surface area contributed by atoms with Crippen LogP contribution >= 0.6 is 0 Å². The summed E-state index contributed by atoms with van der Waals surface area (Å²) in [5.41, 5.74) is 0.895. The highest BCUT2D eigenvalue weighted by atomic mass is 16.3. The molecule has 0 saturated carbocycles. The van der Waals surface area contributed by atoms with Crippen molar-refractivity contribution >= 4 is 0 Å². The molecule has 0 spiro atoms. The third-order valence-corrected chi connectivity index (χ3v) is 1.83. The monoisotopic (exact) mass is 166 g/mol. The van der Waals surface area contributed by atoms with Gasteiger partial charge < -0.3 is 5.11 Å². The molecule has 0 aliphatic carbocycles. The molecule has 12 heavy (non-hydrogen) atoms. The fraction of sp³-hybridized carbons (Fsp3) is 0.556. The van der Waals surface area contributed by atoms with Crippen LogP contribution in [0.4, 0.5) is 0 Å². The van der Waals surface area contributed by atoms with Gasteiger partial charge in [-0.05, 0) is 12.0 Å². The van der Waals surface area contributed by atoms with Crippen molar-refractivity contribution in [3.63, 3.8) is 0 Å². The van der Waals surface area contributed by atoms with E-state index < -0.39 is 0 Å². The maximum Gasteiger partial charge on any atom is 0.115 e. The maximum absolute atomic E-state index is 9.52. The maximum atomic E-state index is 9.52. The first-order valence-electron chi connectivity index (χ1n) is 4.13. The van der Waals surface area contributed by atoms with Gasteiger partial charge in [-0.1, -0.05) is 13.8 Å². The van der Waals surface area contributed by atoms with Crippen LogP contribution in [0.15, 0.2) is 18.6 Å². The fourth-order valence-electron chi connectivity index (χ4n) is 0.889. The zero-order valence-corrected chi connectivity index (χ0v) is 7.44. The minimum atomic E-state index is -0.306. The number of aliphatic hydroxyl groups is 1. The van der Waals surface area contributed by atoms with Crippen LogP contribution in [-0.2, 0) is 6.42 Å². The van der Waals surface area contributed by atoms with Gasteiger partial charge >= 0.3 is 0 Å². The first-order chi connectivity index (χ1) is 5.70. The predicted molar refractivity (Wildman–Crippen MR) is 46.6 cm³/mol. The number of nitrogens with zero attached hydrogens (tertiary/aromatic N) is 2. The van der Waals surface area contributed by atoms with E-state index in [1.807, 2.05) is 19.9 Å². The van der Waals surface area contributed by atoms with Gasteiger partial charge in [-0.25, -0.2) is 9.97 Å². The van der Waals surface area contributed by atoms with Crippen molar-refractivity contribution in [2.45, 2.75) is 26.4 Å². The van der Waals surface area contributed by atoms with Crippen LogP contribution in [0.25, 0.3) is 0 Å². The quantitative estimate of drug-likeness (QED) is 0.729. The largest absolute Gasteiger partial charge is 0.392 e. The highest BCUT2D eigenvalue weighted by Crippen LogP contribution is 2.06. The summed E-state index contributed by atoms with van der Waals surface area (Å²) in [5.74, 6) is 0.278. The lowest BCUT2D eigenvalue weighted by molar-refractivity contribution is 0.124. The SMILES string of the molecule is CC(C)C(O)Cc1ccncn1. The molecule has 1 unspecified atom stereocenters. The van der Waals surface area contributed by atoms with Gasteiger partial charge in [-0.2, -0.15) is 0 Å². The molecule has 0 aliphatic rings. The lowest BCUT2D eigenvalue weighted by Crippen LogP contribution is -2.18. The molecule has 0 fully saturated rings. The Balaban J connectivity index is 2.53. The number of aromatic nitrogens is 2. The second-order valence-corrected chi connectivity index (χ2v) is 3.22. The van der Waals surface area contributed by atoms with Gasteiger partial charge in [0, 0.05) is 18.3 Å². The Hall–Kier alpha value is -0.960. The van der Waals surface area contributed by atoms with E-state index in [2.05, 4.69) is 9.97 Å². The van der Waals surface area contributed by atoms with Crippen molar-refractivity contribution in [2.75, 3.05) is 0 Å². The second kappa shape index (κ2) is 4.16. The van der Waals surface area contributed by atoms with Gasteiger partial charge in [0.1, 0.15) is 6.33 Å². The first-order valence-corrected chi connectivity index (χ1v) is 4.13. The summed E-state index contributed by atoms with van der Waals surface area (Å²) in [6.45, 7) is 3.98. The molecule has 3 nitrogen and oxygen atoms in total. The summed E-state index contributed by atoms with van der Waals surface area (Å²) in [5, 5.41) is 9.52. The van der Waals surface area contributed by atoms with Crippen molar-refractivity contribution in [3.8, 4) is 0 Å². The van der Waals surface area contributed by atoms with Crippen molar-refractivity contribution in [2.24, 2.45) is 5.92 Å². The highest BCUT2D eigenvalue weighted by molar-refractivity contribution is 4.99. The Labute approximate surface area is 72.5 Å². The topological polar surface area (TPSA) is 46.0 Å². The molecule has 1 N–H and O–H groups in total. The van der Waals surface area contributed by atoms with Crippen molar-refractivity contribution in [1.29, 1.82) is 0 Å². The molecule has 1 aromatic rings. The Kier molecular flexibility index (Phi) is 3.17. The normalized spacial score (nSPS) is 13.3. The van der Waals surface area contributed by atoms with Gasteiger partial charge in [0.15, 0.2) is 0 Å². The van der Waals surface area contributed by atoms with Crippen LogP contribution in [0.2, 0.25) is 0 Å². The van der Waals surface area contributed by atoms with Gasteiger partial charge in [-0.3, -0.25) is 0 Å². The van der Waals surface area contributed by atoms with E-state index >= 15 is 0 Å². The fourth-order valence-corrected chi connectivity index (χ4v) is 0.889. The Morgan fingerprint density at radius 2 is 2.25 bits per heavy atom.